The van der Waals surface area contributed by atoms with E-state index in [1.54, 1.807) is 11.9 Å². The Morgan fingerprint density at radius 1 is 1.37 bits per heavy atom. The maximum atomic E-state index is 13.4. The Balaban J connectivity index is 1.32. The van der Waals surface area contributed by atoms with E-state index in [1.807, 2.05) is 17.1 Å². The molecule has 162 valence electrons. The number of nitrogens with zero attached hydrogens (tertiary/aromatic N) is 4. The Morgan fingerprint density at radius 2 is 2.13 bits per heavy atom. The maximum Gasteiger partial charge on any atom is 0.230 e. The van der Waals surface area contributed by atoms with E-state index in [4.69, 9.17) is 9.26 Å². The van der Waals surface area contributed by atoms with Crippen LogP contribution in [0.3, 0.4) is 0 Å². The lowest BCUT2D eigenvalue weighted by molar-refractivity contribution is -0.143. The first-order chi connectivity index (χ1) is 14.5. The van der Waals surface area contributed by atoms with Crippen LogP contribution in [0.15, 0.2) is 16.7 Å². The molecule has 5 rings (SSSR count). The molecule has 0 radical (unpaired) electrons. The number of likely N-dealkylation sites (tertiary alicyclic amines) is 1. The molecule has 1 aromatic rings. The average Bonchev–Trinajstić information content (AvgIpc) is 3.43. The smallest absolute Gasteiger partial charge is 0.230 e. The second kappa shape index (κ2) is 7.18. The second-order valence-corrected chi connectivity index (χ2v) is 9.21. The Kier molecular flexibility index (Phi) is 4.72. The number of ether oxygens (including phenoxy) is 1. The van der Waals surface area contributed by atoms with Crippen LogP contribution in [0.2, 0.25) is 0 Å². The van der Waals surface area contributed by atoms with Crippen molar-refractivity contribution in [3.05, 3.63) is 23.9 Å². The Labute approximate surface area is 176 Å². The molecule has 2 amide bonds. The van der Waals surface area contributed by atoms with Crippen LogP contribution in [-0.4, -0.2) is 63.1 Å². The van der Waals surface area contributed by atoms with E-state index < -0.39 is 17.4 Å². The lowest BCUT2D eigenvalue weighted by atomic mass is 9.76. The zero-order chi connectivity index (χ0) is 21.0. The largest absolute Gasteiger partial charge is 0.360 e. The van der Waals surface area contributed by atoms with Gasteiger partial charge in [-0.2, -0.15) is 4.98 Å². The molecular weight excluding hydrogens is 384 g/mol. The molecule has 1 aromatic heterocycles. The summed E-state index contributed by atoms with van der Waals surface area (Å²) in [6.45, 7) is 5.01. The van der Waals surface area contributed by atoms with E-state index in [1.165, 1.54) is 6.42 Å². The van der Waals surface area contributed by atoms with Crippen molar-refractivity contribution in [3.63, 3.8) is 0 Å². The molecule has 3 aliphatic heterocycles. The summed E-state index contributed by atoms with van der Waals surface area (Å²) in [6, 6.07) is 0.186. The fraction of sp³-hybridized carbons (Fsp3) is 0.727. The van der Waals surface area contributed by atoms with Crippen molar-refractivity contribution >= 4 is 11.8 Å². The van der Waals surface area contributed by atoms with E-state index in [0.717, 1.165) is 25.7 Å². The van der Waals surface area contributed by atoms with Crippen molar-refractivity contribution < 1.29 is 18.8 Å². The molecule has 8 nitrogen and oxygen atoms in total. The lowest BCUT2D eigenvalue weighted by Gasteiger charge is -2.29. The molecule has 8 heteroatoms. The van der Waals surface area contributed by atoms with E-state index >= 15 is 0 Å². The van der Waals surface area contributed by atoms with Crippen molar-refractivity contribution in [3.8, 4) is 0 Å². The first kappa shape index (κ1) is 19.7. The molecule has 3 fully saturated rings. The van der Waals surface area contributed by atoms with Crippen molar-refractivity contribution in [2.45, 2.75) is 76.2 Å². The molecule has 4 aliphatic rings. The molecule has 4 heterocycles. The molecule has 2 saturated heterocycles. The summed E-state index contributed by atoms with van der Waals surface area (Å²) < 4.78 is 11.6. The van der Waals surface area contributed by atoms with Gasteiger partial charge in [-0.1, -0.05) is 37.6 Å². The molecule has 0 aromatic carbocycles. The van der Waals surface area contributed by atoms with Crippen LogP contribution in [0.1, 0.15) is 63.6 Å². The number of hydrogen-bond acceptors (Lipinski definition) is 6. The van der Waals surface area contributed by atoms with Crippen molar-refractivity contribution in [1.29, 1.82) is 0 Å². The fourth-order valence-corrected chi connectivity index (χ4v) is 5.55. The predicted molar refractivity (Wildman–Crippen MR) is 107 cm³/mol. The number of carbonyl (C=O) groups is 2. The molecule has 1 spiro atoms. The summed E-state index contributed by atoms with van der Waals surface area (Å²) in [6.07, 6.45) is 8.80. The van der Waals surface area contributed by atoms with Gasteiger partial charge >= 0.3 is 0 Å². The van der Waals surface area contributed by atoms with Crippen LogP contribution in [0, 0.1) is 11.8 Å². The van der Waals surface area contributed by atoms with E-state index in [9.17, 15) is 9.59 Å². The van der Waals surface area contributed by atoms with E-state index in [-0.39, 0.29) is 30.5 Å². The number of rotatable bonds is 7. The summed E-state index contributed by atoms with van der Waals surface area (Å²) in [7, 11) is 1.74. The molecule has 0 unspecified atom stereocenters. The van der Waals surface area contributed by atoms with Crippen molar-refractivity contribution in [2.24, 2.45) is 11.8 Å². The third kappa shape index (κ3) is 2.83. The summed E-state index contributed by atoms with van der Waals surface area (Å²) in [5.74, 6) is 0.569. The molecule has 1 saturated carbocycles. The summed E-state index contributed by atoms with van der Waals surface area (Å²) in [4.78, 5) is 34.8. The zero-order valence-corrected chi connectivity index (χ0v) is 17.9. The van der Waals surface area contributed by atoms with Gasteiger partial charge in [-0.05, 0) is 25.7 Å². The van der Waals surface area contributed by atoms with Crippen LogP contribution >= 0.6 is 0 Å². The Morgan fingerprint density at radius 3 is 2.80 bits per heavy atom. The van der Waals surface area contributed by atoms with Gasteiger partial charge in [0.15, 0.2) is 5.82 Å². The van der Waals surface area contributed by atoms with Crippen LogP contribution < -0.4 is 0 Å². The van der Waals surface area contributed by atoms with Gasteiger partial charge < -0.3 is 19.1 Å². The number of carbonyl (C=O) groups excluding carboxylic acids is 2. The highest BCUT2D eigenvalue weighted by atomic mass is 16.5. The topological polar surface area (TPSA) is 88.8 Å². The second-order valence-electron chi connectivity index (χ2n) is 9.21. The summed E-state index contributed by atoms with van der Waals surface area (Å²) >= 11 is 0. The number of aromatic nitrogens is 2. The lowest BCUT2D eigenvalue weighted by Crippen LogP contribution is -2.45. The van der Waals surface area contributed by atoms with E-state index in [0.29, 0.717) is 24.2 Å². The van der Waals surface area contributed by atoms with Gasteiger partial charge in [0.2, 0.25) is 17.7 Å². The molecular formula is C22H30N4O4. The average molecular weight is 415 g/mol. The zero-order valence-electron chi connectivity index (χ0n) is 17.9. The van der Waals surface area contributed by atoms with Crippen LogP contribution in [0.4, 0.5) is 0 Å². The van der Waals surface area contributed by atoms with Gasteiger partial charge in [-0.3, -0.25) is 9.59 Å². The fourth-order valence-electron chi connectivity index (χ4n) is 5.55. The van der Waals surface area contributed by atoms with Crippen LogP contribution in [0.5, 0.6) is 0 Å². The number of amides is 2. The Hall–Kier alpha value is -2.22. The van der Waals surface area contributed by atoms with Crippen LogP contribution in [-0.2, 0) is 20.9 Å². The van der Waals surface area contributed by atoms with Gasteiger partial charge in [0.05, 0.1) is 31.0 Å². The maximum absolute atomic E-state index is 13.4. The first-order valence-electron chi connectivity index (χ1n) is 11.2. The highest BCUT2D eigenvalue weighted by Gasteiger charge is 2.67. The standard InChI is InChI=1S/C22H30N4O4/c1-4-14(5-2)26-12-22-10-9-15(29-22)17(18(22)21(26)28)20(27)25(3)11-16-23-19(30-24-16)13-7-6-8-13/h9-10,13-15,17-18H,4-8,11-12H2,1-3H3/t15-,17-,18+,22-/m0/s1. The van der Waals surface area contributed by atoms with Gasteiger partial charge in [0, 0.05) is 19.0 Å². The predicted octanol–water partition coefficient (Wildman–Crippen LogP) is 2.27. The third-order valence-electron chi connectivity index (χ3n) is 7.49. The molecule has 30 heavy (non-hydrogen) atoms. The number of hydrogen-bond donors (Lipinski definition) is 0. The minimum Gasteiger partial charge on any atom is -0.360 e. The SMILES string of the molecule is CCC(CC)N1C[C@]23C=C[C@H](O2)[C@H](C(=O)N(C)Cc2noc(C4CCC4)n2)[C@@H]3C1=O. The monoisotopic (exact) mass is 414 g/mol. The minimum atomic E-state index is -0.658. The highest BCUT2D eigenvalue weighted by molar-refractivity contribution is 5.93. The van der Waals surface area contributed by atoms with Gasteiger partial charge in [0.25, 0.3) is 0 Å². The van der Waals surface area contributed by atoms with Gasteiger partial charge in [-0.25, -0.2) is 0 Å². The molecule has 4 atom stereocenters. The number of fused-ring (bicyclic) bond motifs is 1. The minimum absolute atomic E-state index is 0.0501. The third-order valence-corrected chi connectivity index (χ3v) is 7.49. The van der Waals surface area contributed by atoms with Crippen molar-refractivity contribution in [2.75, 3.05) is 13.6 Å². The quantitative estimate of drug-likeness (QED) is 0.636. The van der Waals surface area contributed by atoms with Gasteiger partial charge in [0.1, 0.15) is 5.60 Å². The molecule has 1 aliphatic carbocycles. The van der Waals surface area contributed by atoms with Gasteiger partial charge in [-0.15, -0.1) is 0 Å². The highest BCUT2D eigenvalue weighted by Crippen LogP contribution is 2.53. The van der Waals surface area contributed by atoms with E-state index in [2.05, 4.69) is 24.0 Å². The Bertz CT molecular complexity index is 874. The normalized spacial score (nSPS) is 32.2. The molecule has 2 bridgehead atoms. The van der Waals surface area contributed by atoms with Crippen molar-refractivity contribution in [1.82, 2.24) is 19.9 Å². The summed E-state index contributed by atoms with van der Waals surface area (Å²) in [5.41, 5.74) is -0.658. The summed E-state index contributed by atoms with van der Waals surface area (Å²) in [5, 5.41) is 4.05. The molecule has 0 N–H and O–H groups in total. The first-order valence-corrected chi connectivity index (χ1v) is 11.2. The van der Waals surface area contributed by atoms with Crippen LogP contribution in [0.25, 0.3) is 0 Å².